The highest BCUT2D eigenvalue weighted by atomic mass is 35.5. The summed E-state index contributed by atoms with van der Waals surface area (Å²) in [5.74, 6) is 1.02. The Morgan fingerprint density at radius 1 is 1.08 bits per heavy atom. The Morgan fingerprint density at radius 3 is 2.48 bits per heavy atom. The Bertz CT molecular complexity index is 587. The molecule has 4 rings (SSSR count). The van der Waals surface area contributed by atoms with Gasteiger partial charge in [0.25, 0.3) is 5.91 Å². The molecule has 1 aromatic heterocycles. The Labute approximate surface area is 159 Å². The third-order valence-electron chi connectivity index (χ3n) is 5.81. The second kappa shape index (κ2) is 8.06. The first-order chi connectivity index (χ1) is 11.7. The molecule has 1 N–H and O–H groups in total. The van der Waals surface area contributed by atoms with E-state index in [9.17, 15) is 9.59 Å². The summed E-state index contributed by atoms with van der Waals surface area (Å²) < 4.78 is 0. The van der Waals surface area contributed by atoms with Crippen LogP contribution in [-0.2, 0) is 4.79 Å². The largest absolute Gasteiger partial charge is 0.338 e. The number of fused-ring (bicyclic) bond motifs is 1. The lowest BCUT2D eigenvalue weighted by atomic mass is 9.85. The van der Waals surface area contributed by atoms with Gasteiger partial charge in [-0.05, 0) is 36.6 Å². The second-order valence-electron chi connectivity index (χ2n) is 7.24. The topological polar surface area (TPSA) is 52.7 Å². The van der Waals surface area contributed by atoms with Crippen LogP contribution in [0.4, 0.5) is 0 Å². The van der Waals surface area contributed by atoms with Crippen LogP contribution in [0.5, 0.6) is 0 Å². The first kappa shape index (κ1) is 18.7. The summed E-state index contributed by atoms with van der Waals surface area (Å²) in [7, 11) is 0. The Hall–Kier alpha value is -1.11. The number of hydrogen-bond acceptors (Lipinski definition) is 4. The molecule has 3 unspecified atom stereocenters. The van der Waals surface area contributed by atoms with E-state index in [-0.39, 0.29) is 30.3 Å². The van der Waals surface area contributed by atoms with Gasteiger partial charge in [0, 0.05) is 37.6 Å². The molecule has 5 nitrogen and oxygen atoms in total. The Balaban J connectivity index is 0.00000182. The molecule has 3 aliphatic rings. The van der Waals surface area contributed by atoms with E-state index in [1.54, 1.807) is 11.3 Å². The molecule has 2 amide bonds. The minimum Gasteiger partial charge on any atom is -0.338 e. The molecule has 0 bridgehead atoms. The summed E-state index contributed by atoms with van der Waals surface area (Å²) in [5, 5.41) is 7.40. The van der Waals surface area contributed by atoms with E-state index in [2.05, 4.69) is 5.32 Å². The molecule has 1 aliphatic carbocycles. The van der Waals surface area contributed by atoms with E-state index in [4.69, 9.17) is 0 Å². The SMILES string of the molecule is Cl.O=C(c1ccsc1)N1CCN(C(=O)C2CC3CCCCC3N2)CC1. The molecule has 0 spiro atoms. The monoisotopic (exact) mass is 383 g/mol. The Morgan fingerprint density at radius 2 is 1.80 bits per heavy atom. The molecule has 3 fully saturated rings. The van der Waals surface area contributed by atoms with Crippen molar-refractivity contribution in [1.82, 2.24) is 15.1 Å². The standard InChI is InChI=1S/C18H25N3O2S.ClH/c22-17(14-5-10-24-12-14)20-6-8-21(9-7-20)18(23)16-11-13-3-1-2-4-15(13)19-16;/h5,10,12-13,15-16,19H,1-4,6-9,11H2;1H. The summed E-state index contributed by atoms with van der Waals surface area (Å²) in [6, 6.07) is 2.42. The van der Waals surface area contributed by atoms with Crippen LogP contribution in [0.1, 0.15) is 42.5 Å². The minimum absolute atomic E-state index is 0. The maximum absolute atomic E-state index is 12.8. The summed E-state index contributed by atoms with van der Waals surface area (Å²) in [4.78, 5) is 29.0. The van der Waals surface area contributed by atoms with Gasteiger partial charge in [-0.15, -0.1) is 12.4 Å². The maximum Gasteiger partial charge on any atom is 0.254 e. The Kier molecular flexibility index (Phi) is 6.02. The molecule has 0 radical (unpaired) electrons. The van der Waals surface area contributed by atoms with Crippen molar-refractivity contribution in [3.05, 3.63) is 22.4 Å². The fourth-order valence-corrected chi connectivity index (χ4v) is 5.06. The van der Waals surface area contributed by atoms with Crippen LogP contribution in [-0.4, -0.2) is 59.9 Å². The number of hydrogen-bond donors (Lipinski definition) is 1. The molecule has 2 saturated heterocycles. The van der Waals surface area contributed by atoms with Crippen LogP contribution in [0.25, 0.3) is 0 Å². The third kappa shape index (κ3) is 3.86. The van der Waals surface area contributed by atoms with Crippen LogP contribution in [0.15, 0.2) is 16.8 Å². The van der Waals surface area contributed by atoms with Crippen molar-refractivity contribution in [3.63, 3.8) is 0 Å². The molecule has 7 heteroatoms. The number of rotatable bonds is 2. The van der Waals surface area contributed by atoms with Gasteiger partial charge in [0.1, 0.15) is 0 Å². The van der Waals surface area contributed by atoms with Gasteiger partial charge in [0.2, 0.25) is 5.91 Å². The van der Waals surface area contributed by atoms with Crippen molar-refractivity contribution in [1.29, 1.82) is 0 Å². The molecule has 3 atom stereocenters. The summed E-state index contributed by atoms with van der Waals surface area (Å²) in [6.07, 6.45) is 6.09. The zero-order valence-corrected chi connectivity index (χ0v) is 16.0. The number of carbonyl (C=O) groups is 2. The van der Waals surface area contributed by atoms with E-state index in [1.807, 2.05) is 26.6 Å². The maximum atomic E-state index is 12.8. The highest BCUT2D eigenvalue weighted by molar-refractivity contribution is 7.08. The molecule has 25 heavy (non-hydrogen) atoms. The highest BCUT2D eigenvalue weighted by Crippen LogP contribution is 2.33. The first-order valence-electron chi connectivity index (χ1n) is 9.08. The second-order valence-corrected chi connectivity index (χ2v) is 8.02. The van der Waals surface area contributed by atoms with Gasteiger partial charge in [0.15, 0.2) is 0 Å². The van der Waals surface area contributed by atoms with Crippen molar-refractivity contribution in [3.8, 4) is 0 Å². The van der Waals surface area contributed by atoms with Crippen LogP contribution in [0, 0.1) is 5.92 Å². The van der Waals surface area contributed by atoms with Crippen LogP contribution < -0.4 is 5.32 Å². The predicted octanol–water partition coefficient (Wildman–Crippen LogP) is 2.38. The van der Waals surface area contributed by atoms with Gasteiger partial charge < -0.3 is 15.1 Å². The quantitative estimate of drug-likeness (QED) is 0.853. The van der Waals surface area contributed by atoms with Gasteiger partial charge >= 0.3 is 0 Å². The molecule has 1 aromatic rings. The molecule has 0 aromatic carbocycles. The van der Waals surface area contributed by atoms with Crippen molar-refractivity contribution in [2.45, 2.75) is 44.2 Å². The lowest BCUT2D eigenvalue weighted by Crippen LogP contribution is -2.54. The van der Waals surface area contributed by atoms with Gasteiger partial charge in [-0.1, -0.05) is 12.8 Å². The summed E-state index contributed by atoms with van der Waals surface area (Å²) >= 11 is 1.54. The molecular formula is C18H26ClN3O2S. The third-order valence-corrected chi connectivity index (χ3v) is 6.49. The highest BCUT2D eigenvalue weighted by Gasteiger charge is 2.40. The number of carbonyl (C=O) groups excluding carboxylic acids is 2. The molecule has 2 aliphatic heterocycles. The number of nitrogens with one attached hydrogen (secondary N) is 1. The van der Waals surface area contributed by atoms with Crippen molar-refractivity contribution in [2.75, 3.05) is 26.2 Å². The van der Waals surface area contributed by atoms with E-state index in [0.29, 0.717) is 38.1 Å². The normalized spacial score (nSPS) is 29.0. The van der Waals surface area contributed by atoms with Crippen LogP contribution >= 0.6 is 23.7 Å². The average molecular weight is 384 g/mol. The fraction of sp³-hybridized carbons (Fsp3) is 0.667. The van der Waals surface area contributed by atoms with E-state index >= 15 is 0 Å². The van der Waals surface area contributed by atoms with Crippen molar-refractivity contribution < 1.29 is 9.59 Å². The average Bonchev–Trinajstić information content (AvgIpc) is 3.30. The van der Waals surface area contributed by atoms with E-state index in [0.717, 1.165) is 12.0 Å². The van der Waals surface area contributed by atoms with Gasteiger partial charge in [0.05, 0.1) is 11.6 Å². The molecule has 1 saturated carbocycles. The minimum atomic E-state index is -0.00257. The number of piperazine rings is 1. The zero-order valence-electron chi connectivity index (χ0n) is 14.4. The van der Waals surface area contributed by atoms with Crippen molar-refractivity contribution >= 4 is 35.6 Å². The predicted molar refractivity (Wildman–Crippen MR) is 101 cm³/mol. The van der Waals surface area contributed by atoms with Crippen molar-refractivity contribution in [2.24, 2.45) is 5.92 Å². The first-order valence-corrected chi connectivity index (χ1v) is 10.0. The molecule has 138 valence electrons. The number of nitrogens with zero attached hydrogens (tertiary/aromatic N) is 2. The summed E-state index contributed by atoms with van der Waals surface area (Å²) in [6.45, 7) is 2.59. The molecular weight excluding hydrogens is 358 g/mol. The number of amides is 2. The smallest absolute Gasteiger partial charge is 0.254 e. The lowest BCUT2D eigenvalue weighted by molar-refractivity contribution is -0.134. The number of halogens is 1. The summed E-state index contributed by atoms with van der Waals surface area (Å²) in [5.41, 5.74) is 0.765. The number of thiophene rings is 1. The van der Waals surface area contributed by atoms with Crippen LogP contribution in [0.3, 0.4) is 0 Å². The molecule has 3 heterocycles. The van der Waals surface area contributed by atoms with Gasteiger partial charge in [-0.25, -0.2) is 0 Å². The van der Waals surface area contributed by atoms with E-state index < -0.39 is 0 Å². The fourth-order valence-electron chi connectivity index (χ4n) is 4.43. The zero-order chi connectivity index (χ0) is 16.5. The lowest BCUT2D eigenvalue weighted by Gasteiger charge is -2.36. The van der Waals surface area contributed by atoms with Gasteiger partial charge in [-0.3, -0.25) is 9.59 Å². The van der Waals surface area contributed by atoms with Gasteiger partial charge in [-0.2, -0.15) is 11.3 Å². The van der Waals surface area contributed by atoms with Crippen LogP contribution in [0.2, 0.25) is 0 Å². The van der Waals surface area contributed by atoms with E-state index in [1.165, 1.54) is 25.7 Å².